The molecule has 2 nitrogen and oxygen atoms in total. The van der Waals surface area contributed by atoms with Crippen LogP contribution in [-0.4, -0.2) is 12.1 Å². The van der Waals surface area contributed by atoms with E-state index < -0.39 is 5.92 Å². The molecule has 93 valence electrons. The lowest BCUT2D eigenvalue weighted by Crippen LogP contribution is -2.32. The average Bonchev–Trinajstić information content (AvgIpc) is 2.17. The number of carbonyl (C=O) groups is 1. The molecular formula is C14H25O2. The molecule has 0 bridgehead atoms. The summed E-state index contributed by atoms with van der Waals surface area (Å²) in [5, 5.41) is 0. The highest BCUT2D eigenvalue weighted by molar-refractivity contribution is 5.96. The van der Waals surface area contributed by atoms with E-state index in [1.54, 1.807) is 0 Å². The molecule has 0 spiro atoms. The molecule has 0 aromatic carbocycles. The van der Waals surface area contributed by atoms with Gasteiger partial charge in [0.2, 0.25) is 6.29 Å². The van der Waals surface area contributed by atoms with Crippen LogP contribution in [-0.2, 0) is 9.59 Å². The van der Waals surface area contributed by atoms with Crippen molar-refractivity contribution >= 4 is 12.1 Å². The van der Waals surface area contributed by atoms with Gasteiger partial charge in [0, 0.05) is 5.41 Å². The average molecular weight is 225 g/mol. The molecule has 0 aromatic rings. The molecular weight excluding hydrogens is 200 g/mol. The molecule has 2 heteroatoms. The van der Waals surface area contributed by atoms with Crippen molar-refractivity contribution in [3.8, 4) is 0 Å². The van der Waals surface area contributed by atoms with Gasteiger partial charge in [-0.3, -0.25) is 9.59 Å². The number of rotatable bonds is 8. The van der Waals surface area contributed by atoms with E-state index in [1.807, 2.05) is 20.1 Å². The molecule has 0 heterocycles. The summed E-state index contributed by atoms with van der Waals surface area (Å²) in [4.78, 5) is 23.0. The van der Waals surface area contributed by atoms with E-state index in [-0.39, 0.29) is 11.2 Å². The first kappa shape index (κ1) is 15.3. The molecule has 0 saturated carbocycles. The summed E-state index contributed by atoms with van der Waals surface area (Å²) in [6.07, 6.45) is 5.28. The van der Waals surface area contributed by atoms with Gasteiger partial charge in [-0.25, -0.2) is 0 Å². The maximum atomic E-state index is 12.1. The van der Waals surface area contributed by atoms with Gasteiger partial charge in [0.1, 0.15) is 5.78 Å². The van der Waals surface area contributed by atoms with E-state index in [4.69, 9.17) is 0 Å². The van der Waals surface area contributed by atoms with Crippen LogP contribution in [0.1, 0.15) is 60.3 Å². The summed E-state index contributed by atoms with van der Waals surface area (Å²) in [5.41, 5.74) is -0.381. The summed E-state index contributed by atoms with van der Waals surface area (Å²) in [5.74, 6) is 0.0619. The van der Waals surface area contributed by atoms with E-state index in [9.17, 15) is 9.59 Å². The smallest absolute Gasteiger partial charge is 0.209 e. The highest BCUT2D eigenvalue weighted by atomic mass is 16.1. The van der Waals surface area contributed by atoms with Crippen molar-refractivity contribution in [2.45, 2.75) is 60.3 Å². The van der Waals surface area contributed by atoms with Crippen LogP contribution in [0.4, 0.5) is 0 Å². The fourth-order valence-corrected chi connectivity index (χ4v) is 1.96. The fraction of sp³-hybridized carbons (Fsp3) is 0.857. The number of hydrogen-bond donors (Lipinski definition) is 0. The highest BCUT2D eigenvalue weighted by Crippen LogP contribution is 2.28. The van der Waals surface area contributed by atoms with Crippen LogP contribution < -0.4 is 0 Å². The lowest BCUT2D eigenvalue weighted by atomic mass is 9.76. The van der Waals surface area contributed by atoms with Crippen molar-refractivity contribution in [3.63, 3.8) is 0 Å². The Hall–Kier alpha value is -0.660. The molecule has 1 unspecified atom stereocenters. The number of carbonyl (C=O) groups excluding carboxylic acids is 2. The van der Waals surface area contributed by atoms with E-state index in [2.05, 4.69) is 20.8 Å². The largest absolute Gasteiger partial charge is 0.298 e. The summed E-state index contributed by atoms with van der Waals surface area (Å²) >= 11 is 0. The second kappa shape index (κ2) is 6.82. The van der Waals surface area contributed by atoms with Gasteiger partial charge in [-0.15, -0.1) is 0 Å². The Morgan fingerprint density at radius 3 is 2.19 bits per heavy atom. The Morgan fingerprint density at radius 1 is 1.25 bits per heavy atom. The highest BCUT2D eigenvalue weighted by Gasteiger charge is 2.32. The van der Waals surface area contributed by atoms with E-state index in [1.165, 1.54) is 0 Å². The molecule has 0 aliphatic carbocycles. The standard InChI is InChI=1S/C14H25O2/c1-6-9-14(4,5)13(16)12(10-15)8-7-11(2)3/h11-12H,6-9H2,1-5H3. The Morgan fingerprint density at radius 2 is 1.81 bits per heavy atom. The van der Waals surface area contributed by atoms with Crippen LogP contribution in [0.3, 0.4) is 0 Å². The first-order valence-electron chi connectivity index (χ1n) is 6.27. The predicted octanol–water partition coefficient (Wildman–Crippen LogP) is 3.54. The van der Waals surface area contributed by atoms with Gasteiger partial charge in [0.05, 0.1) is 5.92 Å². The molecule has 0 rings (SSSR count). The van der Waals surface area contributed by atoms with Gasteiger partial charge in [-0.2, -0.15) is 0 Å². The van der Waals surface area contributed by atoms with Gasteiger partial charge in [-0.1, -0.05) is 41.0 Å². The van der Waals surface area contributed by atoms with Gasteiger partial charge < -0.3 is 0 Å². The minimum Gasteiger partial charge on any atom is -0.298 e. The fourth-order valence-electron chi connectivity index (χ4n) is 1.96. The van der Waals surface area contributed by atoms with E-state index in [0.29, 0.717) is 12.3 Å². The third-order valence-corrected chi connectivity index (χ3v) is 3.03. The van der Waals surface area contributed by atoms with E-state index >= 15 is 0 Å². The van der Waals surface area contributed by atoms with Crippen LogP contribution >= 0.6 is 0 Å². The van der Waals surface area contributed by atoms with Crippen LogP contribution in [0.2, 0.25) is 0 Å². The first-order valence-corrected chi connectivity index (χ1v) is 6.27. The number of Topliss-reactive ketones (excluding diaryl/α,β-unsaturated/α-hetero) is 1. The predicted molar refractivity (Wildman–Crippen MR) is 67.0 cm³/mol. The minimum atomic E-state index is -0.524. The Bertz CT molecular complexity index is 229. The van der Waals surface area contributed by atoms with Crippen molar-refractivity contribution in [1.29, 1.82) is 0 Å². The van der Waals surface area contributed by atoms with Gasteiger partial charge >= 0.3 is 0 Å². The normalized spacial score (nSPS) is 13.9. The molecule has 0 aliphatic heterocycles. The molecule has 0 fully saturated rings. The van der Waals surface area contributed by atoms with Crippen LogP contribution in [0, 0.1) is 17.3 Å². The molecule has 0 aliphatic rings. The van der Waals surface area contributed by atoms with Crippen molar-refractivity contribution in [1.82, 2.24) is 0 Å². The Balaban J connectivity index is 4.46. The number of hydrogen-bond acceptors (Lipinski definition) is 2. The van der Waals surface area contributed by atoms with Gasteiger partial charge in [0.25, 0.3) is 0 Å². The molecule has 16 heavy (non-hydrogen) atoms. The Labute approximate surface area is 99.8 Å². The topological polar surface area (TPSA) is 34.1 Å². The second-order valence-corrected chi connectivity index (χ2v) is 5.64. The summed E-state index contributed by atoms with van der Waals surface area (Å²) < 4.78 is 0. The first-order chi connectivity index (χ1) is 7.35. The molecule has 0 saturated heterocycles. The van der Waals surface area contributed by atoms with Crippen molar-refractivity contribution < 1.29 is 9.59 Å². The summed E-state index contributed by atoms with van der Waals surface area (Å²) in [6.45, 7) is 10.1. The molecule has 0 aromatic heterocycles. The quantitative estimate of drug-likeness (QED) is 0.592. The summed E-state index contributed by atoms with van der Waals surface area (Å²) in [7, 11) is 0. The monoisotopic (exact) mass is 225 g/mol. The van der Waals surface area contributed by atoms with Crippen LogP contribution in [0.5, 0.6) is 0 Å². The number of ketones is 1. The molecule has 1 atom stereocenters. The SMILES string of the molecule is CCCC(C)(C)C(=O)C([C]=O)CCC(C)C. The van der Waals surface area contributed by atoms with Crippen molar-refractivity contribution in [2.75, 3.05) is 0 Å². The zero-order valence-electron chi connectivity index (χ0n) is 11.3. The Kier molecular flexibility index (Phi) is 6.54. The maximum Gasteiger partial charge on any atom is 0.209 e. The third kappa shape index (κ3) is 4.91. The second-order valence-electron chi connectivity index (χ2n) is 5.64. The zero-order valence-corrected chi connectivity index (χ0v) is 11.3. The molecule has 0 N–H and O–H groups in total. The zero-order chi connectivity index (χ0) is 12.8. The van der Waals surface area contributed by atoms with E-state index in [0.717, 1.165) is 19.3 Å². The van der Waals surface area contributed by atoms with Crippen LogP contribution in [0.15, 0.2) is 0 Å². The minimum absolute atomic E-state index is 0.0602. The third-order valence-electron chi connectivity index (χ3n) is 3.03. The molecule has 1 radical (unpaired) electrons. The van der Waals surface area contributed by atoms with Gasteiger partial charge in [0.15, 0.2) is 0 Å². The maximum absolute atomic E-state index is 12.1. The van der Waals surface area contributed by atoms with Gasteiger partial charge in [-0.05, 0) is 25.2 Å². The van der Waals surface area contributed by atoms with Crippen LogP contribution in [0.25, 0.3) is 0 Å². The lowest BCUT2D eigenvalue weighted by Gasteiger charge is -2.25. The van der Waals surface area contributed by atoms with Crippen molar-refractivity contribution in [3.05, 3.63) is 0 Å². The van der Waals surface area contributed by atoms with Crippen molar-refractivity contribution in [2.24, 2.45) is 17.3 Å². The lowest BCUT2D eigenvalue weighted by molar-refractivity contribution is -0.129. The summed E-state index contributed by atoms with van der Waals surface area (Å²) in [6, 6.07) is 0. The molecule has 0 amide bonds.